The lowest BCUT2D eigenvalue weighted by Crippen LogP contribution is -2.41. The second-order valence-corrected chi connectivity index (χ2v) is 8.17. The van der Waals surface area contributed by atoms with E-state index in [0.29, 0.717) is 5.69 Å². The minimum atomic E-state index is -1.14. The third kappa shape index (κ3) is 5.50. The predicted molar refractivity (Wildman–Crippen MR) is 131 cm³/mol. The number of carbonyl (C=O) groups excluding carboxylic acids is 2. The molecule has 0 bridgehead atoms. The number of carboxylic acids is 1. The van der Waals surface area contributed by atoms with Gasteiger partial charge in [0.15, 0.2) is 0 Å². The summed E-state index contributed by atoms with van der Waals surface area (Å²) in [5.41, 5.74) is 5.28. The molecule has 1 aliphatic rings. The second-order valence-electron chi connectivity index (χ2n) is 8.17. The molecule has 0 aromatic heterocycles. The molecule has 3 N–H and O–H groups in total. The summed E-state index contributed by atoms with van der Waals surface area (Å²) in [4.78, 5) is 36.1. The van der Waals surface area contributed by atoms with Gasteiger partial charge in [-0.05, 0) is 46.5 Å². The van der Waals surface area contributed by atoms with E-state index in [1.54, 1.807) is 12.1 Å². The fourth-order valence-electron chi connectivity index (χ4n) is 4.19. The quantitative estimate of drug-likeness (QED) is 0.427. The van der Waals surface area contributed by atoms with Gasteiger partial charge < -0.3 is 19.9 Å². The first kappa shape index (κ1) is 24.0. The first-order chi connectivity index (χ1) is 17.0. The molecule has 8 heteroatoms. The van der Waals surface area contributed by atoms with E-state index in [0.717, 1.165) is 22.3 Å². The molecule has 0 radical (unpaired) electrons. The molecular weight excluding hydrogens is 448 g/mol. The number of carbonyl (C=O) groups is 3. The number of ether oxygens (including phenoxy) is 2. The topological polar surface area (TPSA) is 114 Å². The molecule has 3 aromatic rings. The van der Waals surface area contributed by atoms with Crippen LogP contribution in [0.4, 0.5) is 10.5 Å². The maximum absolute atomic E-state index is 12.4. The Hall–Kier alpha value is -4.17. The number of fused-ring (bicyclic) bond motifs is 3. The molecule has 0 heterocycles. The molecule has 180 valence electrons. The van der Waals surface area contributed by atoms with Crippen molar-refractivity contribution in [3.63, 3.8) is 0 Å². The molecule has 0 spiro atoms. The number of methoxy groups -OCH3 is 1. The number of benzene rings is 3. The molecule has 2 amide bonds. The van der Waals surface area contributed by atoms with Crippen LogP contribution >= 0.6 is 0 Å². The smallest absolute Gasteiger partial charge is 0.411 e. The second kappa shape index (κ2) is 10.8. The molecule has 0 aliphatic heterocycles. The van der Waals surface area contributed by atoms with Crippen molar-refractivity contribution in [3.05, 3.63) is 89.5 Å². The average Bonchev–Trinajstić information content (AvgIpc) is 3.19. The highest BCUT2D eigenvalue weighted by molar-refractivity contribution is 5.97. The summed E-state index contributed by atoms with van der Waals surface area (Å²) in [5, 5.41) is 14.4. The number of nitrogens with one attached hydrogen (secondary N) is 2. The van der Waals surface area contributed by atoms with Crippen molar-refractivity contribution in [2.75, 3.05) is 25.6 Å². The van der Waals surface area contributed by atoms with Gasteiger partial charge in [-0.15, -0.1) is 0 Å². The first-order valence-electron chi connectivity index (χ1n) is 11.2. The monoisotopic (exact) mass is 474 g/mol. The van der Waals surface area contributed by atoms with Gasteiger partial charge >= 0.3 is 12.1 Å². The summed E-state index contributed by atoms with van der Waals surface area (Å²) in [5.74, 6) is -1.70. The Morgan fingerprint density at radius 2 is 1.51 bits per heavy atom. The SMILES string of the molecule is COCCC(NC(=O)c1ccc(NC(=O)OCC2c3ccccc3-c3ccccc32)cc1)C(=O)O. The van der Waals surface area contributed by atoms with Crippen LogP contribution in [0.25, 0.3) is 11.1 Å². The van der Waals surface area contributed by atoms with Crippen molar-refractivity contribution < 1.29 is 29.0 Å². The van der Waals surface area contributed by atoms with Crippen LogP contribution in [0.1, 0.15) is 33.8 Å². The van der Waals surface area contributed by atoms with Gasteiger partial charge in [0.1, 0.15) is 12.6 Å². The molecule has 4 rings (SSSR count). The van der Waals surface area contributed by atoms with E-state index in [1.165, 1.54) is 19.2 Å². The summed E-state index contributed by atoms with van der Waals surface area (Å²) >= 11 is 0. The summed E-state index contributed by atoms with van der Waals surface area (Å²) in [6.07, 6.45) is -0.450. The maximum atomic E-state index is 12.4. The van der Waals surface area contributed by atoms with E-state index in [4.69, 9.17) is 9.47 Å². The lowest BCUT2D eigenvalue weighted by molar-refractivity contribution is -0.139. The van der Waals surface area contributed by atoms with E-state index in [9.17, 15) is 19.5 Å². The fourth-order valence-corrected chi connectivity index (χ4v) is 4.19. The first-order valence-corrected chi connectivity index (χ1v) is 11.2. The number of rotatable bonds is 9. The summed E-state index contributed by atoms with van der Waals surface area (Å²) < 4.78 is 10.4. The van der Waals surface area contributed by atoms with Crippen LogP contribution in [-0.4, -0.2) is 49.4 Å². The van der Waals surface area contributed by atoms with E-state index in [2.05, 4.69) is 34.9 Å². The van der Waals surface area contributed by atoms with Gasteiger partial charge in [-0.2, -0.15) is 0 Å². The highest BCUT2D eigenvalue weighted by Gasteiger charge is 2.29. The van der Waals surface area contributed by atoms with E-state index < -0.39 is 24.0 Å². The molecule has 3 aromatic carbocycles. The van der Waals surface area contributed by atoms with Crippen LogP contribution in [0.3, 0.4) is 0 Å². The molecule has 0 saturated heterocycles. The highest BCUT2D eigenvalue weighted by atomic mass is 16.5. The third-order valence-corrected chi connectivity index (χ3v) is 5.95. The van der Waals surface area contributed by atoms with Gasteiger partial charge in [0.05, 0.1) is 0 Å². The van der Waals surface area contributed by atoms with Crippen LogP contribution in [0, 0.1) is 0 Å². The van der Waals surface area contributed by atoms with Crippen molar-refractivity contribution in [3.8, 4) is 11.1 Å². The van der Waals surface area contributed by atoms with E-state index in [1.807, 2.05) is 24.3 Å². The zero-order valence-corrected chi connectivity index (χ0v) is 19.2. The molecule has 0 fully saturated rings. The van der Waals surface area contributed by atoms with Crippen LogP contribution < -0.4 is 10.6 Å². The van der Waals surface area contributed by atoms with E-state index >= 15 is 0 Å². The molecular formula is C27H26N2O6. The highest BCUT2D eigenvalue weighted by Crippen LogP contribution is 2.44. The Bertz CT molecular complexity index is 1180. The van der Waals surface area contributed by atoms with Crippen molar-refractivity contribution in [1.29, 1.82) is 0 Å². The molecule has 0 saturated carbocycles. The number of aliphatic carboxylic acids is 1. The van der Waals surface area contributed by atoms with Crippen LogP contribution in [0.2, 0.25) is 0 Å². The van der Waals surface area contributed by atoms with Gasteiger partial charge in [0.25, 0.3) is 5.91 Å². The number of hydrogen-bond donors (Lipinski definition) is 3. The Morgan fingerprint density at radius 3 is 2.09 bits per heavy atom. The lowest BCUT2D eigenvalue weighted by atomic mass is 9.98. The van der Waals surface area contributed by atoms with Gasteiger partial charge in [-0.3, -0.25) is 10.1 Å². The Labute approximate surface area is 202 Å². The number of anilines is 1. The van der Waals surface area contributed by atoms with Gasteiger partial charge in [0, 0.05) is 37.3 Å². The predicted octanol–water partition coefficient (Wildman–Crippen LogP) is 4.27. The van der Waals surface area contributed by atoms with Crippen LogP contribution in [0.15, 0.2) is 72.8 Å². The largest absolute Gasteiger partial charge is 0.480 e. The number of amides is 2. The fraction of sp³-hybridized carbons (Fsp3) is 0.222. The van der Waals surface area contributed by atoms with Gasteiger partial charge in [0.2, 0.25) is 0 Å². The lowest BCUT2D eigenvalue weighted by Gasteiger charge is -2.15. The average molecular weight is 475 g/mol. The van der Waals surface area contributed by atoms with Crippen molar-refractivity contribution >= 4 is 23.7 Å². The molecule has 1 aliphatic carbocycles. The molecule has 8 nitrogen and oxygen atoms in total. The molecule has 1 unspecified atom stereocenters. The minimum absolute atomic E-state index is 0.0421. The third-order valence-electron chi connectivity index (χ3n) is 5.95. The van der Waals surface area contributed by atoms with Crippen molar-refractivity contribution in [2.24, 2.45) is 0 Å². The Morgan fingerprint density at radius 1 is 0.914 bits per heavy atom. The summed E-state index contributed by atoms with van der Waals surface area (Å²) in [6, 6.07) is 21.3. The standard InChI is InChI=1S/C27H26N2O6/c1-34-15-14-24(26(31)32)29-25(30)17-10-12-18(13-11-17)28-27(33)35-16-23-21-8-4-2-6-19(21)20-7-3-5-9-22(20)23/h2-13,23-24H,14-16H2,1H3,(H,28,33)(H,29,30)(H,31,32). The van der Waals surface area contributed by atoms with Gasteiger partial charge in [-0.1, -0.05) is 48.5 Å². The normalized spacial score (nSPS) is 12.8. The summed E-state index contributed by atoms with van der Waals surface area (Å²) in [6.45, 7) is 0.401. The van der Waals surface area contributed by atoms with Crippen LogP contribution in [0.5, 0.6) is 0 Å². The van der Waals surface area contributed by atoms with Crippen molar-refractivity contribution in [2.45, 2.75) is 18.4 Å². The van der Waals surface area contributed by atoms with Crippen molar-refractivity contribution in [1.82, 2.24) is 5.32 Å². The van der Waals surface area contributed by atoms with E-state index in [-0.39, 0.29) is 31.1 Å². The molecule has 35 heavy (non-hydrogen) atoms. The maximum Gasteiger partial charge on any atom is 0.411 e. The zero-order chi connectivity index (χ0) is 24.8. The number of carboxylic acid groups (broad SMARTS) is 1. The molecule has 1 atom stereocenters. The number of hydrogen-bond acceptors (Lipinski definition) is 5. The van der Waals surface area contributed by atoms with Crippen LogP contribution in [-0.2, 0) is 14.3 Å². The van der Waals surface area contributed by atoms with Gasteiger partial charge in [-0.25, -0.2) is 9.59 Å². The zero-order valence-electron chi connectivity index (χ0n) is 19.2. The Kier molecular flexibility index (Phi) is 7.42. The minimum Gasteiger partial charge on any atom is -0.480 e. The Balaban J connectivity index is 1.34. The summed E-state index contributed by atoms with van der Waals surface area (Å²) in [7, 11) is 1.46.